The molecular formula is C10H10ClF3O2. The molecular weight excluding hydrogens is 245 g/mol. The largest absolute Gasteiger partial charge is 0.522 e. The molecule has 1 aromatic rings. The second-order valence-corrected chi connectivity index (χ2v) is 3.49. The van der Waals surface area contributed by atoms with Crippen LogP contribution in [0, 0.1) is 6.92 Å². The van der Waals surface area contributed by atoms with Crippen LogP contribution < -0.4 is 4.74 Å². The van der Waals surface area contributed by atoms with Crippen LogP contribution in [-0.2, 0) is 4.74 Å². The molecule has 90 valence electrons. The molecule has 0 amide bonds. The number of alkyl halides is 3. The molecule has 0 aliphatic heterocycles. The van der Waals surface area contributed by atoms with Gasteiger partial charge in [-0.1, -0.05) is 17.7 Å². The Bertz CT molecular complexity index is 352. The van der Waals surface area contributed by atoms with E-state index in [1.165, 1.54) is 0 Å². The molecule has 0 fully saturated rings. The molecule has 0 aliphatic carbocycles. The fourth-order valence-electron chi connectivity index (χ4n) is 1.04. The Kier molecular flexibility index (Phi) is 4.44. The average molecular weight is 255 g/mol. The normalized spacial score (nSPS) is 11.6. The van der Waals surface area contributed by atoms with Crippen LogP contribution in [0.3, 0.4) is 0 Å². The first-order valence-electron chi connectivity index (χ1n) is 4.48. The summed E-state index contributed by atoms with van der Waals surface area (Å²) in [6.07, 6.45) is -4.62. The van der Waals surface area contributed by atoms with Crippen LogP contribution in [0.1, 0.15) is 5.56 Å². The van der Waals surface area contributed by atoms with Crippen LogP contribution in [0.25, 0.3) is 0 Å². The third-order valence-corrected chi connectivity index (χ3v) is 1.99. The minimum atomic E-state index is -4.62. The van der Waals surface area contributed by atoms with Crippen molar-refractivity contribution in [3.63, 3.8) is 0 Å². The molecule has 16 heavy (non-hydrogen) atoms. The zero-order valence-electron chi connectivity index (χ0n) is 8.47. The fraction of sp³-hybridized carbons (Fsp3) is 0.400. The van der Waals surface area contributed by atoms with E-state index in [1.807, 2.05) is 0 Å². The average Bonchev–Trinajstić information content (AvgIpc) is 2.16. The highest BCUT2D eigenvalue weighted by Gasteiger charge is 2.28. The summed E-state index contributed by atoms with van der Waals surface area (Å²) in [5.74, 6) is 0.457. The molecule has 2 nitrogen and oxygen atoms in total. The van der Waals surface area contributed by atoms with E-state index >= 15 is 0 Å². The van der Waals surface area contributed by atoms with Gasteiger partial charge in [-0.3, -0.25) is 4.74 Å². The predicted molar refractivity (Wildman–Crippen MR) is 53.7 cm³/mol. The molecule has 0 N–H and O–H groups in total. The first-order valence-corrected chi connectivity index (χ1v) is 4.86. The van der Waals surface area contributed by atoms with E-state index in [4.69, 9.17) is 16.3 Å². The van der Waals surface area contributed by atoms with E-state index in [0.717, 1.165) is 5.56 Å². The van der Waals surface area contributed by atoms with E-state index in [0.29, 0.717) is 10.8 Å². The van der Waals surface area contributed by atoms with Gasteiger partial charge in [-0.2, -0.15) is 0 Å². The quantitative estimate of drug-likeness (QED) is 0.765. The van der Waals surface area contributed by atoms with Crippen molar-refractivity contribution in [2.45, 2.75) is 13.3 Å². The summed E-state index contributed by atoms with van der Waals surface area (Å²) in [6.45, 7) is 1.05. The molecule has 0 heterocycles. The molecule has 0 bridgehead atoms. The third kappa shape index (κ3) is 4.72. The number of benzene rings is 1. The Labute approximate surface area is 95.9 Å². The molecule has 0 spiro atoms. The van der Waals surface area contributed by atoms with E-state index in [2.05, 4.69) is 4.74 Å². The highest BCUT2D eigenvalue weighted by Crippen LogP contribution is 2.22. The monoisotopic (exact) mass is 254 g/mol. The lowest BCUT2D eigenvalue weighted by atomic mass is 10.2. The second-order valence-electron chi connectivity index (χ2n) is 3.05. The number of halogens is 4. The summed E-state index contributed by atoms with van der Waals surface area (Å²) < 4.78 is 43.5. The molecule has 0 saturated carbocycles. The van der Waals surface area contributed by atoms with Gasteiger partial charge in [-0.15, -0.1) is 13.2 Å². The lowest BCUT2D eigenvalue weighted by molar-refractivity contribution is -0.325. The molecule has 0 atom stereocenters. The minimum absolute atomic E-state index is 0.180. The van der Waals surface area contributed by atoms with Crippen LogP contribution in [0.5, 0.6) is 5.75 Å². The molecule has 0 aromatic heterocycles. The standard InChI is InChI=1S/C10H10ClF3O2/c1-7-2-3-8(11)6-9(7)15-4-5-16-10(12,13)14/h2-3,6H,4-5H2,1H3. The molecule has 1 aromatic carbocycles. The van der Waals surface area contributed by atoms with Gasteiger partial charge in [-0.25, -0.2) is 0 Å². The van der Waals surface area contributed by atoms with Crippen LogP contribution in [-0.4, -0.2) is 19.6 Å². The summed E-state index contributed by atoms with van der Waals surface area (Å²) >= 11 is 5.71. The molecule has 1 rings (SSSR count). The number of aryl methyl sites for hydroxylation is 1. The Morgan fingerprint density at radius 1 is 1.25 bits per heavy atom. The van der Waals surface area contributed by atoms with Crippen molar-refractivity contribution in [1.29, 1.82) is 0 Å². The van der Waals surface area contributed by atoms with Gasteiger partial charge in [0.05, 0.1) is 6.61 Å². The van der Waals surface area contributed by atoms with Gasteiger partial charge in [0.1, 0.15) is 12.4 Å². The van der Waals surface area contributed by atoms with Crippen molar-refractivity contribution in [3.05, 3.63) is 28.8 Å². The number of hydrogen-bond donors (Lipinski definition) is 0. The molecule has 6 heteroatoms. The minimum Gasteiger partial charge on any atom is -0.491 e. The van der Waals surface area contributed by atoms with Crippen LogP contribution in [0.15, 0.2) is 18.2 Å². The Morgan fingerprint density at radius 2 is 1.94 bits per heavy atom. The smallest absolute Gasteiger partial charge is 0.491 e. The summed E-state index contributed by atoms with van der Waals surface area (Å²) in [7, 11) is 0. The maximum absolute atomic E-state index is 11.6. The Hall–Kier alpha value is -0.940. The third-order valence-electron chi connectivity index (χ3n) is 1.76. The van der Waals surface area contributed by atoms with Crippen molar-refractivity contribution in [1.82, 2.24) is 0 Å². The van der Waals surface area contributed by atoms with Crippen LogP contribution in [0.2, 0.25) is 5.02 Å². The molecule has 0 saturated heterocycles. The molecule has 0 radical (unpaired) electrons. The molecule has 0 unspecified atom stereocenters. The fourth-order valence-corrected chi connectivity index (χ4v) is 1.20. The molecule has 0 aliphatic rings. The Morgan fingerprint density at radius 3 is 2.56 bits per heavy atom. The number of ether oxygens (including phenoxy) is 2. The van der Waals surface area contributed by atoms with Crippen molar-refractivity contribution in [3.8, 4) is 5.75 Å². The van der Waals surface area contributed by atoms with Crippen LogP contribution in [0.4, 0.5) is 13.2 Å². The number of hydrogen-bond acceptors (Lipinski definition) is 2. The van der Waals surface area contributed by atoms with E-state index in [1.54, 1.807) is 25.1 Å². The topological polar surface area (TPSA) is 18.5 Å². The summed E-state index contributed by atoms with van der Waals surface area (Å²) in [6, 6.07) is 4.95. The zero-order chi connectivity index (χ0) is 12.2. The second kappa shape index (κ2) is 5.41. The maximum atomic E-state index is 11.6. The first kappa shape index (κ1) is 13.1. The van der Waals surface area contributed by atoms with Gasteiger partial charge in [0.2, 0.25) is 0 Å². The first-order chi connectivity index (χ1) is 7.38. The van der Waals surface area contributed by atoms with Gasteiger partial charge in [-0.05, 0) is 24.6 Å². The lowest BCUT2D eigenvalue weighted by Gasteiger charge is -2.10. The van der Waals surface area contributed by atoms with Crippen molar-refractivity contribution >= 4 is 11.6 Å². The summed E-state index contributed by atoms with van der Waals surface area (Å²) in [4.78, 5) is 0. The van der Waals surface area contributed by atoms with E-state index < -0.39 is 13.0 Å². The van der Waals surface area contributed by atoms with Crippen molar-refractivity contribution in [2.24, 2.45) is 0 Å². The van der Waals surface area contributed by atoms with E-state index in [9.17, 15) is 13.2 Å². The summed E-state index contributed by atoms with van der Waals surface area (Å²) in [5, 5.41) is 0.470. The van der Waals surface area contributed by atoms with E-state index in [-0.39, 0.29) is 6.61 Å². The highest BCUT2D eigenvalue weighted by molar-refractivity contribution is 6.30. The summed E-state index contributed by atoms with van der Waals surface area (Å²) in [5.41, 5.74) is 0.802. The van der Waals surface area contributed by atoms with Gasteiger partial charge < -0.3 is 4.74 Å². The van der Waals surface area contributed by atoms with Crippen LogP contribution >= 0.6 is 11.6 Å². The SMILES string of the molecule is Cc1ccc(Cl)cc1OCCOC(F)(F)F. The number of rotatable bonds is 4. The van der Waals surface area contributed by atoms with Gasteiger partial charge in [0.25, 0.3) is 0 Å². The lowest BCUT2D eigenvalue weighted by Crippen LogP contribution is -2.18. The predicted octanol–water partition coefficient (Wildman–Crippen LogP) is 3.56. The van der Waals surface area contributed by atoms with Gasteiger partial charge >= 0.3 is 6.36 Å². The van der Waals surface area contributed by atoms with Crippen molar-refractivity contribution in [2.75, 3.05) is 13.2 Å². The van der Waals surface area contributed by atoms with Crippen molar-refractivity contribution < 1.29 is 22.6 Å². The van der Waals surface area contributed by atoms with Gasteiger partial charge in [0, 0.05) is 5.02 Å². The maximum Gasteiger partial charge on any atom is 0.522 e. The van der Waals surface area contributed by atoms with Gasteiger partial charge in [0.15, 0.2) is 0 Å². The highest BCUT2D eigenvalue weighted by atomic mass is 35.5. The zero-order valence-corrected chi connectivity index (χ0v) is 9.23. The Balaban J connectivity index is 2.40.